The first-order valence-corrected chi connectivity index (χ1v) is 12.6. The van der Waals surface area contributed by atoms with Gasteiger partial charge in [-0.05, 0) is 12.5 Å². The maximum Gasteiger partial charge on any atom is 0.273 e. The van der Waals surface area contributed by atoms with E-state index in [2.05, 4.69) is 46.9 Å². The van der Waals surface area contributed by atoms with Crippen molar-refractivity contribution in [1.29, 1.82) is 0 Å². The van der Waals surface area contributed by atoms with E-state index < -0.39 is 5.91 Å². The number of para-hydroxylation sites is 1. The molecule has 1 unspecified atom stereocenters. The Bertz CT molecular complexity index is 1570. The van der Waals surface area contributed by atoms with E-state index in [4.69, 9.17) is 9.84 Å². The number of amides is 2. The highest BCUT2D eigenvalue weighted by molar-refractivity contribution is 6.04. The molecule has 1 atom stereocenters. The highest BCUT2D eigenvalue weighted by Gasteiger charge is 2.30. The number of aromatic nitrogens is 6. The first kappa shape index (κ1) is 24.6. The third kappa shape index (κ3) is 4.46. The van der Waals surface area contributed by atoms with E-state index >= 15 is 0 Å². The van der Waals surface area contributed by atoms with E-state index in [1.54, 1.807) is 19.3 Å². The summed E-state index contributed by atoms with van der Waals surface area (Å²) in [7, 11) is 5.28. The number of benzene rings is 1. The maximum absolute atomic E-state index is 12.7. The van der Waals surface area contributed by atoms with Crippen LogP contribution >= 0.6 is 0 Å². The monoisotopic (exact) mass is 528 g/mol. The molecular formula is C26H28N10O3. The van der Waals surface area contributed by atoms with E-state index in [0.29, 0.717) is 24.4 Å². The topological polar surface area (TPSA) is 144 Å². The number of nitrogens with zero attached hydrogens (tertiary/aromatic N) is 7. The molecule has 0 saturated carbocycles. The van der Waals surface area contributed by atoms with Crippen LogP contribution in [0.25, 0.3) is 11.1 Å². The summed E-state index contributed by atoms with van der Waals surface area (Å²) >= 11 is 0. The predicted octanol–water partition coefficient (Wildman–Crippen LogP) is 2.34. The third-order valence-electron chi connectivity index (χ3n) is 6.96. The number of rotatable bonds is 6. The van der Waals surface area contributed by atoms with Gasteiger partial charge in [0.25, 0.3) is 11.8 Å². The standard InChI is InChI=1S/C26H28N10O3/c1-27-26(38)23-20(9-22(32-33-23)31-25(37)15-10-28-35(3)12-15)30-19-6-4-5-17-18-11-29-36(16-7-8-39-14-16)21(18)13-34(2)24(17)19/h4-6,9-12,16H,7-8,13-14H2,1-3H3,(H,27,38)(H2,30,31,32,37). The van der Waals surface area contributed by atoms with Gasteiger partial charge < -0.3 is 25.6 Å². The lowest BCUT2D eigenvalue weighted by atomic mass is 9.97. The van der Waals surface area contributed by atoms with Crippen molar-refractivity contribution in [1.82, 2.24) is 35.1 Å². The summed E-state index contributed by atoms with van der Waals surface area (Å²) in [6.07, 6.45) is 5.93. The van der Waals surface area contributed by atoms with Crippen molar-refractivity contribution >= 4 is 34.7 Å². The molecule has 3 N–H and O–H groups in total. The molecule has 2 aliphatic heterocycles. The Hall–Kier alpha value is -4.78. The molecule has 5 heterocycles. The van der Waals surface area contributed by atoms with Crippen LogP contribution in [0.2, 0.25) is 0 Å². The fourth-order valence-corrected chi connectivity index (χ4v) is 5.08. The van der Waals surface area contributed by atoms with Gasteiger partial charge in [-0.15, -0.1) is 10.2 Å². The van der Waals surface area contributed by atoms with Crippen LogP contribution in [0.15, 0.2) is 42.9 Å². The average molecular weight is 529 g/mol. The van der Waals surface area contributed by atoms with Crippen molar-refractivity contribution in [3.05, 3.63) is 59.8 Å². The molecule has 13 nitrogen and oxygen atoms in total. The number of hydrogen-bond acceptors (Lipinski definition) is 9. The molecule has 13 heteroatoms. The first-order chi connectivity index (χ1) is 18.9. The summed E-state index contributed by atoms with van der Waals surface area (Å²) in [5, 5.41) is 25.6. The van der Waals surface area contributed by atoms with Gasteiger partial charge in [-0.3, -0.25) is 19.0 Å². The Morgan fingerprint density at radius 3 is 2.67 bits per heavy atom. The van der Waals surface area contributed by atoms with Crippen molar-refractivity contribution in [2.75, 3.05) is 42.8 Å². The molecule has 4 aromatic rings. The van der Waals surface area contributed by atoms with Crippen LogP contribution in [-0.4, -0.2) is 68.9 Å². The molecule has 0 bridgehead atoms. The van der Waals surface area contributed by atoms with E-state index in [9.17, 15) is 9.59 Å². The Morgan fingerprint density at radius 1 is 1.05 bits per heavy atom. The Labute approximate surface area is 224 Å². The number of carbonyl (C=O) groups is 2. The Kier molecular flexibility index (Phi) is 6.19. The van der Waals surface area contributed by atoms with Crippen LogP contribution in [0.3, 0.4) is 0 Å². The van der Waals surface area contributed by atoms with Gasteiger partial charge in [-0.25, -0.2) is 0 Å². The van der Waals surface area contributed by atoms with Crippen molar-refractivity contribution in [3.63, 3.8) is 0 Å². The summed E-state index contributed by atoms with van der Waals surface area (Å²) in [5.74, 6) is -0.597. The van der Waals surface area contributed by atoms with Gasteiger partial charge in [-0.1, -0.05) is 12.1 Å². The van der Waals surface area contributed by atoms with Crippen molar-refractivity contribution in [3.8, 4) is 11.1 Å². The largest absolute Gasteiger partial charge is 0.379 e. The van der Waals surface area contributed by atoms with E-state index in [-0.39, 0.29) is 23.5 Å². The second-order valence-electron chi connectivity index (χ2n) is 9.58. The second kappa shape index (κ2) is 9.83. The van der Waals surface area contributed by atoms with Crippen LogP contribution in [0.5, 0.6) is 0 Å². The van der Waals surface area contributed by atoms with E-state index in [0.717, 1.165) is 41.2 Å². The zero-order valence-electron chi connectivity index (χ0n) is 21.8. The zero-order valence-corrected chi connectivity index (χ0v) is 21.8. The summed E-state index contributed by atoms with van der Waals surface area (Å²) in [6.45, 7) is 2.09. The number of fused-ring (bicyclic) bond motifs is 3. The van der Waals surface area contributed by atoms with Gasteiger partial charge in [0.05, 0.1) is 59.9 Å². The average Bonchev–Trinajstić information content (AvgIpc) is 3.70. The van der Waals surface area contributed by atoms with E-state index in [1.807, 2.05) is 25.4 Å². The molecule has 200 valence electrons. The lowest BCUT2D eigenvalue weighted by Gasteiger charge is -2.31. The predicted molar refractivity (Wildman–Crippen MR) is 144 cm³/mol. The minimum atomic E-state index is -0.407. The lowest BCUT2D eigenvalue weighted by Crippen LogP contribution is -2.26. The van der Waals surface area contributed by atoms with Gasteiger partial charge in [0.15, 0.2) is 11.5 Å². The number of ether oxygens (including phenoxy) is 1. The first-order valence-electron chi connectivity index (χ1n) is 12.6. The van der Waals surface area contributed by atoms with Crippen molar-refractivity contribution < 1.29 is 14.3 Å². The SMILES string of the molecule is CNC(=O)c1nnc(NC(=O)c2cnn(C)c2)cc1Nc1cccc2c1N(C)Cc1c-2cnn1C1CCOC1. The van der Waals surface area contributed by atoms with Crippen LogP contribution in [0.4, 0.5) is 22.9 Å². The normalized spacial score (nSPS) is 16.0. The van der Waals surface area contributed by atoms with Crippen molar-refractivity contribution in [2.24, 2.45) is 7.05 Å². The lowest BCUT2D eigenvalue weighted by molar-refractivity contribution is 0.0957. The van der Waals surface area contributed by atoms with Gasteiger partial charge in [-0.2, -0.15) is 10.2 Å². The van der Waals surface area contributed by atoms with Crippen LogP contribution in [-0.2, 0) is 18.3 Å². The number of carbonyl (C=O) groups excluding carboxylic acids is 2. The minimum absolute atomic E-state index is 0.0997. The maximum atomic E-state index is 12.7. The Balaban J connectivity index is 1.35. The summed E-state index contributed by atoms with van der Waals surface area (Å²) in [4.78, 5) is 27.5. The summed E-state index contributed by atoms with van der Waals surface area (Å²) < 4.78 is 9.22. The third-order valence-corrected chi connectivity index (χ3v) is 6.96. The molecule has 0 radical (unpaired) electrons. The molecule has 0 spiro atoms. The fourth-order valence-electron chi connectivity index (χ4n) is 5.08. The van der Waals surface area contributed by atoms with Crippen molar-refractivity contribution in [2.45, 2.75) is 19.0 Å². The zero-order chi connectivity index (χ0) is 27.1. The van der Waals surface area contributed by atoms with Crippen LogP contribution in [0, 0.1) is 0 Å². The molecule has 39 heavy (non-hydrogen) atoms. The number of anilines is 4. The van der Waals surface area contributed by atoms with Gasteiger partial charge in [0.1, 0.15) is 0 Å². The van der Waals surface area contributed by atoms with Gasteiger partial charge >= 0.3 is 0 Å². The molecule has 3 aromatic heterocycles. The number of hydrogen-bond donors (Lipinski definition) is 3. The molecule has 2 amide bonds. The number of aryl methyl sites for hydroxylation is 1. The molecular weight excluding hydrogens is 500 g/mol. The molecule has 1 aromatic carbocycles. The van der Waals surface area contributed by atoms with Gasteiger partial charge in [0.2, 0.25) is 0 Å². The highest BCUT2D eigenvalue weighted by atomic mass is 16.5. The van der Waals surface area contributed by atoms with Crippen LogP contribution in [0.1, 0.15) is 39.0 Å². The van der Waals surface area contributed by atoms with Gasteiger partial charge in [0, 0.05) is 51.1 Å². The number of nitrogens with one attached hydrogen (secondary N) is 3. The quantitative estimate of drug-likeness (QED) is 0.343. The highest BCUT2D eigenvalue weighted by Crippen LogP contribution is 2.44. The van der Waals surface area contributed by atoms with Crippen LogP contribution < -0.4 is 20.9 Å². The molecule has 1 fully saturated rings. The van der Waals surface area contributed by atoms with E-state index in [1.165, 1.54) is 17.9 Å². The molecule has 2 aliphatic rings. The molecule has 1 saturated heterocycles. The smallest absolute Gasteiger partial charge is 0.273 e. The summed E-state index contributed by atoms with van der Waals surface area (Å²) in [5.41, 5.74) is 5.87. The molecule has 0 aliphatic carbocycles. The molecule has 6 rings (SSSR count). The fraction of sp³-hybridized carbons (Fsp3) is 0.308. The minimum Gasteiger partial charge on any atom is -0.379 e. The summed E-state index contributed by atoms with van der Waals surface area (Å²) in [6, 6.07) is 7.80. The Morgan fingerprint density at radius 2 is 1.92 bits per heavy atom. The second-order valence-corrected chi connectivity index (χ2v) is 9.58.